The van der Waals surface area contributed by atoms with Gasteiger partial charge in [0.25, 0.3) is 6.43 Å². The van der Waals surface area contributed by atoms with Crippen LogP contribution in [0.15, 0.2) is 10.7 Å². The molecule has 0 saturated carbocycles. The Labute approximate surface area is 88.4 Å². The lowest BCUT2D eigenvalue weighted by atomic mass is 10.2. The van der Waals surface area contributed by atoms with Gasteiger partial charge in [0.15, 0.2) is 0 Å². The molecule has 1 aromatic heterocycles. The first-order valence-corrected chi connectivity index (χ1v) is 4.60. The molecule has 6 heteroatoms. The summed E-state index contributed by atoms with van der Waals surface area (Å²) < 4.78 is 30.5. The van der Waals surface area contributed by atoms with E-state index < -0.39 is 6.43 Å². The van der Waals surface area contributed by atoms with Crippen molar-refractivity contribution in [2.24, 2.45) is 5.73 Å². The molecule has 0 aromatic carbocycles. The highest BCUT2D eigenvalue weighted by Crippen LogP contribution is 2.36. The first-order valence-electron chi connectivity index (χ1n) is 3.81. The average Bonchev–Trinajstić information content (AvgIpc) is 2.17. The number of halogens is 3. The minimum atomic E-state index is -2.64. The molecule has 1 heterocycles. The summed E-state index contributed by atoms with van der Waals surface area (Å²) in [5, 5.41) is 0. The first kappa shape index (κ1) is 11.3. The van der Waals surface area contributed by atoms with Crippen LogP contribution in [0.1, 0.15) is 17.7 Å². The van der Waals surface area contributed by atoms with Gasteiger partial charge in [0.05, 0.1) is 22.8 Å². The predicted octanol–water partition coefficient (Wildman–Crippen LogP) is 2.25. The van der Waals surface area contributed by atoms with Gasteiger partial charge in [-0.05, 0) is 15.9 Å². The maximum atomic E-state index is 12.6. The van der Waals surface area contributed by atoms with E-state index in [0.717, 1.165) is 0 Å². The van der Waals surface area contributed by atoms with Crippen molar-refractivity contribution in [2.45, 2.75) is 13.0 Å². The van der Waals surface area contributed by atoms with Crippen molar-refractivity contribution in [3.8, 4) is 5.75 Å². The number of nitrogens with two attached hydrogens (primary N) is 1. The van der Waals surface area contributed by atoms with Crippen LogP contribution in [0.2, 0.25) is 0 Å². The minimum absolute atomic E-state index is 0.0384. The van der Waals surface area contributed by atoms with Gasteiger partial charge in [-0.25, -0.2) is 8.78 Å². The van der Waals surface area contributed by atoms with Gasteiger partial charge < -0.3 is 10.5 Å². The zero-order valence-electron chi connectivity index (χ0n) is 7.43. The van der Waals surface area contributed by atoms with E-state index in [1.54, 1.807) is 0 Å². The lowest BCUT2D eigenvalue weighted by Gasteiger charge is -2.12. The standard InChI is InChI=1S/C8H9BrF2N2O/c1-14-7-4(9)3-13-5(2-12)6(7)8(10)11/h3,8H,2,12H2,1H3. The third-order valence-corrected chi connectivity index (χ3v) is 2.29. The van der Waals surface area contributed by atoms with Gasteiger partial charge in [0.1, 0.15) is 5.75 Å². The van der Waals surface area contributed by atoms with Crippen LogP contribution in [0.4, 0.5) is 8.78 Å². The Balaban J connectivity index is 3.36. The molecule has 78 valence electrons. The summed E-state index contributed by atoms with van der Waals surface area (Å²) in [4.78, 5) is 3.79. The molecule has 0 saturated heterocycles. The molecule has 3 nitrogen and oxygen atoms in total. The van der Waals surface area contributed by atoms with Gasteiger partial charge in [-0.2, -0.15) is 0 Å². The molecule has 0 fully saturated rings. The number of hydrogen-bond acceptors (Lipinski definition) is 3. The summed E-state index contributed by atoms with van der Waals surface area (Å²) in [6, 6.07) is 0. The third-order valence-electron chi connectivity index (χ3n) is 1.72. The van der Waals surface area contributed by atoms with Crippen LogP contribution in [0, 0.1) is 0 Å². The van der Waals surface area contributed by atoms with Crippen molar-refractivity contribution >= 4 is 15.9 Å². The summed E-state index contributed by atoms with van der Waals surface area (Å²) in [5.41, 5.74) is 5.20. The third kappa shape index (κ3) is 2.01. The molecule has 1 rings (SSSR count). The zero-order valence-corrected chi connectivity index (χ0v) is 9.01. The molecule has 0 unspecified atom stereocenters. The van der Waals surface area contributed by atoms with E-state index in [2.05, 4.69) is 20.9 Å². The van der Waals surface area contributed by atoms with E-state index in [-0.39, 0.29) is 23.6 Å². The summed E-state index contributed by atoms with van der Waals surface area (Å²) in [5.74, 6) is 0.0930. The highest BCUT2D eigenvalue weighted by molar-refractivity contribution is 9.10. The second-order valence-electron chi connectivity index (χ2n) is 2.50. The maximum Gasteiger partial charge on any atom is 0.269 e. The number of hydrogen-bond donors (Lipinski definition) is 1. The number of alkyl halides is 2. The molecule has 0 aliphatic rings. The van der Waals surface area contributed by atoms with Crippen molar-refractivity contribution in [1.29, 1.82) is 0 Å². The lowest BCUT2D eigenvalue weighted by molar-refractivity contribution is 0.145. The van der Waals surface area contributed by atoms with E-state index in [0.29, 0.717) is 4.47 Å². The Hall–Kier alpha value is -0.750. The SMILES string of the molecule is COc1c(Br)cnc(CN)c1C(F)F. The zero-order chi connectivity index (χ0) is 10.7. The van der Waals surface area contributed by atoms with Gasteiger partial charge in [0.2, 0.25) is 0 Å². The molecule has 1 aromatic rings. The van der Waals surface area contributed by atoms with Crippen LogP contribution >= 0.6 is 15.9 Å². The molecular formula is C8H9BrF2N2O. The van der Waals surface area contributed by atoms with Crippen LogP contribution in [0.25, 0.3) is 0 Å². The molecular weight excluding hydrogens is 258 g/mol. The Bertz CT molecular complexity index is 333. The fourth-order valence-corrected chi connectivity index (χ4v) is 1.60. The molecule has 0 aliphatic carbocycles. The largest absolute Gasteiger partial charge is 0.495 e. The monoisotopic (exact) mass is 266 g/mol. The summed E-state index contributed by atoms with van der Waals surface area (Å²) in [7, 11) is 1.33. The van der Waals surface area contributed by atoms with Crippen molar-refractivity contribution in [1.82, 2.24) is 4.98 Å². The van der Waals surface area contributed by atoms with E-state index in [9.17, 15) is 8.78 Å². The van der Waals surface area contributed by atoms with Crippen LogP contribution < -0.4 is 10.5 Å². The maximum absolute atomic E-state index is 12.6. The fraction of sp³-hybridized carbons (Fsp3) is 0.375. The van der Waals surface area contributed by atoms with E-state index in [4.69, 9.17) is 10.5 Å². The van der Waals surface area contributed by atoms with Gasteiger partial charge in [0, 0.05) is 12.7 Å². The lowest BCUT2D eigenvalue weighted by Crippen LogP contribution is -2.07. The summed E-state index contributed by atoms with van der Waals surface area (Å²) in [6.07, 6.45) is -1.25. The van der Waals surface area contributed by atoms with Crippen molar-refractivity contribution in [2.75, 3.05) is 7.11 Å². The Morgan fingerprint density at radius 2 is 2.29 bits per heavy atom. The van der Waals surface area contributed by atoms with Crippen molar-refractivity contribution < 1.29 is 13.5 Å². The number of methoxy groups -OCH3 is 1. The van der Waals surface area contributed by atoms with Crippen molar-refractivity contribution in [3.05, 3.63) is 21.9 Å². The second kappa shape index (κ2) is 4.65. The van der Waals surface area contributed by atoms with E-state index >= 15 is 0 Å². The molecule has 14 heavy (non-hydrogen) atoms. The van der Waals surface area contributed by atoms with Crippen LogP contribution in [0.3, 0.4) is 0 Å². The smallest absolute Gasteiger partial charge is 0.269 e. The number of aromatic nitrogens is 1. The normalized spacial score (nSPS) is 10.7. The van der Waals surface area contributed by atoms with Gasteiger partial charge in [-0.15, -0.1) is 0 Å². The molecule has 0 amide bonds. The highest BCUT2D eigenvalue weighted by atomic mass is 79.9. The predicted molar refractivity (Wildman–Crippen MR) is 51.3 cm³/mol. The van der Waals surface area contributed by atoms with Crippen LogP contribution in [-0.4, -0.2) is 12.1 Å². The van der Waals surface area contributed by atoms with Gasteiger partial charge in [-0.3, -0.25) is 4.98 Å². The summed E-state index contributed by atoms with van der Waals surface area (Å²) >= 11 is 3.08. The first-order chi connectivity index (χ1) is 6.61. The second-order valence-corrected chi connectivity index (χ2v) is 3.36. The molecule has 0 aliphatic heterocycles. The topological polar surface area (TPSA) is 48.1 Å². The number of rotatable bonds is 3. The van der Waals surface area contributed by atoms with E-state index in [1.165, 1.54) is 13.3 Å². The quantitative estimate of drug-likeness (QED) is 0.913. The Morgan fingerprint density at radius 3 is 2.71 bits per heavy atom. The molecule has 0 radical (unpaired) electrons. The summed E-state index contributed by atoms with van der Waals surface area (Å²) in [6.45, 7) is -0.0384. The van der Waals surface area contributed by atoms with Crippen LogP contribution in [-0.2, 0) is 6.54 Å². The fourth-order valence-electron chi connectivity index (χ4n) is 1.12. The average molecular weight is 267 g/mol. The minimum Gasteiger partial charge on any atom is -0.495 e. The van der Waals surface area contributed by atoms with E-state index in [1.807, 2.05) is 0 Å². The highest BCUT2D eigenvalue weighted by Gasteiger charge is 2.21. The number of nitrogens with zero attached hydrogens (tertiary/aromatic N) is 1. The number of ether oxygens (including phenoxy) is 1. The Morgan fingerprint density at radius 1 is 1.64 bits per heavy atom. The molecule has 0 bridgehead atoms. The Kier molecular flexibility index (Phi) is 3.77. The number of pyridine rings is 1. The van der Waals surface area contributed by atoms with Gasteiger partial charge in [-0.1, -0.05) is 0 Å². The molecule has 0 spiro atoms. The van der Waals surface area contributed by atoms with Crippen molar-refractivity contribution in [3.63, 3.8) is 0 Å². The molecule has 2 N–H and O–H groups in total. The van der Waals surface area contributed by atoms with Gasteiger partial charge >= 0.3 is 0 Å². The molecule has 0 atom stereocenters. The van der Waals surface area contributed by atoms with Crippen LogP contribution in [0.5, 0.6) is 5.75 Å².